The first kappa shape index (κ1) is 18.0. The van der Waals surface area contributed by atoms with Crippen LogP contribution in [0.5, 0.6) is 0 Å². The van der Waals surface area contributed by atoms with Gasteiger partial charge >= 0.3 is 0 Å². The largest absolute Gasteiger partial charge is 0.334 e. The summed E-state index contributed by atoms with van der Waals surface area (Å²) in [6, 6.07) is 4.43. The lowest BCUT2D eigenvalue weighted by Gasteiger charge is -2.36. The van der Waals surface area contributed by atoms with Crippen LogP contribution in [0, 0.1) is 5.92 Å². The molecule has 3 aromatic rings. The lowest BCUT2D eigenvalue weighted by Crippen LogP contribution is -2.25. The number of pyridine rings is 2. The summed E-state index contributed by atoms with van der Waals surface area (Å²) >= 11 is 0. The Morgan fingerprint density at radius 2 is 1.96 bits per heavy atom. The van der Waals surface area contributed by atoms with Crippen LogP contribution in [0.4, 0.5) is 11.5 Å². The quantitative estimate of drug-likeness (QED) is 0.619. The Labute approximate surface area is 161 Å². The monoisotopic (exact) mass is 363 g/mol. The summed E-state index contributed by atoms with van der Waals surface area (Å²) < 4.78 is 2.03. The molecule has 0 saturated heterocycles. The highest BCUT2D eigenvalue weighted by Gasteiger charge is 2.32. The summed E-state index contributed by atoms with van der Waals surface area (Å²) in [6.45, 7) is 4.50. The Morgan fingerprint density at radius 1 is 1.11 bits per heavy atom. The molecule has 0 radical (unpaired) electrons. The van der Waals surface area contributed by atoms with E-state index < -0.39 is 0 Å². The third-order valence-electron chi connectivity index (χ3n) is 6.13. The van der Waals surface area contributed by atoms with E-state index in [9.17, 15) is 0 Å². The van der Waals surface area contributed by atoms with Gasteiger partial charge < -0.3 is 9.47 Å². The minimum absolute atomic E-state index is 0.651. The first-order chi connectivity index (χ1) is 13.1. The Kier molecular flexibility index (Phi) is 4.85. The molecule has 2 unspecified atom stereocenters. The Balaban J connectivity index is 1.64. The van der Waals surface area contributed by atoms with E-state index >= 15 is 0 Å². The second kappa shape index (κ2) is 7.29. The third-order valence-corrected chi connectivity index (χ3v) is 6.13. The van der Waals surface area contributed by atoms with Crippen LogP contribution in [-0.4, -0.2) is 26.6 Å². The fourth-order valence-corrected chi connectivity index (χ4v) is 4.30. The summed E-state index contributed by atoms with van der Waals surface area (Å²) in [7, 11) is 4.09. The zero-order chi connectivity index (χ0) is 19.0. The molecular weight excluding hydrogens is 334 g/mol. The van der Waals surface area contributed by atoms with E-state index in [1.54, 1.807) is 0 Å². The molecule has 142 valence electrons. The van der Waals surface area contributed by atoms with Gasteiger partial charge in [0.05, 0.1) is 29.9 Å². The summed E-state index contributed by atoms with van der Waals surface area (Å²) in [6.07, 6.45) is 12.0. The standard InChI is InChI=1S/C22H29N5/c1-5-7-16-8-9-17(16)18-10-15(6-2)21(13-23-18)27(4)22-11-20-19(12-24-22)25-14-26(20)3/h10-14,16-17H,5-9H2,1-4H3. The minimum atomic E-state index is 0.651. The fourth-order valence-electron chi connectivity index (χ4n) is 4.30. The predicted molar refractivity (Wildman–Crippen MR) is 111 cm³/mol. The van der Waals surface area contributed by atoms with Gasteiger partial charge in [-0.2, -0.15) is 0 Å². The van der Waals surface area contributed by atoms with Crippen LogP contribution in [0.1, 0.15) is 56.7 Å². The van der Waals surface area contributed by atoms with Gasteiger partial charge in [0, 0.05) is 31.8 Å². The number of hydrogen-bond acceptors (Lipinski definition) is 4. The van der Waals surface area contributed by atoms with Gasteiger partial charge in [-0.25, -0.2) is 9.97 Å². The topological polar surface area (TPSA) is 46.8 Å². The maximum atomic E-state index is 4.87. The zero-order valence-electron chi connectivity index (χ0n) is 16.8. The number of nitrogens with zero attached hydrogens (tertiary/aromatic N) is 5. The normalized spacial score (nSPS) is 19.3. The van der Waals surface area contributed by atoms with Crippen LogP contribution in [0.25, 0.3) is 11.0 Å². The molecule has 1 aliphatic carbocycles. The molecule has 3 aromatic heterocycles. The van der Waals surface area contributed by atoms with Crippen molar-refractivity contribution in [3.05, 3.63) is 42.1 Å². The van der Waals surface area contributed by atoms with Crippen molar-refractivity contribution >= 4 is 22.5 Å². The molecule has 4 rings (SSSR count). The Morgan fingerprint density at radius 3 is 2.67 bits per heavy atom. The lowest BCUT2D eigenvalue weighted by molar-refractivity contribution is 0.232. The van der Waals surface area contributed by atoms with Crippen molar-refractivity contribution in [3.8, 4) is 0 Å². The molecule has 0 aromatic carbocycles. The van der Waals surface area contributed by atoms with Crippen molar-refractivity contribution in [2.24, 2.45) is 13.0 Å². The molecule has 3 heterocycles. The van der Waals surface area contributed by atoms with Crippen LogP contribution in [-0.2, 0) is 13.5 Å². The number of aryl methyl sites for hydroxylation is 2. The predicted octanol–water partition coefficient (Wildman–Crippen LogP) is 4.99. The van der Waals surface area contributed by atoms with Crippen LogP contribution < -0.4 is 4.90 Å². The highest BCUT2D eigenvalue weighted by atomic mass is 15.2. The van der Waals surface area contributed by atoms with E-state index in [0.29, 0.717) is 5.92 Å². The molecule has 27 heavy (non-hydrogen) atoms. The van der Waals surface area contributed by atoms with Crippen molar-refractivity contribution in [2.45, 2.75) is 51.9 Å². The Bertz CT molecular complexity index is 945. The van der Waals surface area contributed by atoms with Gasteiger partial charge in [-0.1, -0.05) is 26.7 Å². The van der Waals surface area contributed by atoms with E-state index in [0.717, 1.165) is 34.9 Å². The van der Waals surface area contributed by atoms with Crippen molar-refractivity contribution in [2.75, 3.05) is 11.9 Å². The van der Waals surface area contributed by atoms with Gasteiger partial charge in [0.2, 0.25) is 0 Å². The maximum Gasteiger partial charge on any atom is 0.134 e. The van der Waals surface area contributed by atoms with Gasteiger partial charge in [-0.15, -0.1) is 0 Å². The van der Waals surface area contributed by atoms with Crippen molar-refractivity contribution in [1.82, 2.24) is 19.5 Å². The number of anilines is 2. The van der Waals surface area contributed by atoms with Gasteiger partial charge in [0.15, 0.2) is 0 Å². The van der Waals surface area contributed by atoms with Crippen molar-refractivity contribution < 1.29 is 0 Å². The van der Waals surface area contributed by atoms with E-state index in [2.05, 4.69) is 47.9 Å². The molecule has 1 aliphatic rings. The number of rotatable bonds is 6. The van der Waals surface area contributed by atoms with Crippen LogP contribution >= 0.6 is 0 Å². The smallest absolute Gasteiger partial charge is 0.134 e. The molecule has 1 saturated carbocycles. The third kappa shape index (κ3) is 3.20. The molecule has 1 fully saturated rings. The lowest BCUT2D eigenvalue weighted by atomic mass is 9.69. The molecule has 0 N–H and O–H groups in total. The second-order valence-corrected chi connectivity index (χ2v) is 7.77. The average molecular weight is 364 g/mol. The molecule has 2 atom stereocenters. The number of hydrogen-bond donors (Lipinski definition) is 0. The maximum absolute atomic E-state index is 4.87. The van der Waals surface area contributed by atoms with Crippen molar-refractivity contribution in [3.63, 3.8) is 0 Å². The molecule has 0 spiro atoms. The number of imidazole rings is 1. The molecule has 5 heteroatoms. The van der Waals surface area contributed by atoms with E-state index in [1.807, 2.05) is 30.3 Å². The summed E-state index contributed by atoms with van der Waals surface area (Å²) in [5.41, 5.74) is 5.78. The number of aromatic nitrogens is 4. The first-order valence-corrected chi connectivity index (χ1v) is 10.1. The van der Waals surface area contributed by atoms with Crippen LogP contribution in [0.15, 0.2) is 30.9 Å². The van der Waals surface area contributed by atoms with Crippen molar-refractivity contribution in [1.29, 1.82) is 0 Å². The highest BCUT2D eigenvalue weighted by molar-refractivity contribution is 5.79. The van der Waals surface area contributed by atoms with Crippen LogP contribution in [0.2, 0.25) is 0 Å². The molecule has 5 nitrogen and oxygen atoms in total. The summed E-state index contributed by atoms with van der Waals surface area (Å²) in [4.78, 5) is 16.0. The number of fused-ring (bicyclic) bond motifs is 1. The summed E-state index contributed by atoms with van der Waals surface area (Å²) in [5, 5.41) is 0. The molecule has 0 aliphatic heterocycles. The SMILES string of the molecule is CCCC1CCC1c1cc(CC)c(N(C)c2cc3c(cn2)ncn3C)cn1. The van der Waals surface area contributed by atoms with E-state index in [-0.39, 0.29) is 0 Å². The summed E-state index contributed by atoms with van der Waals surface area (Å²) in [5.74, 6) is 2.39. The molecule has 0 amide bonds. The minimum Gasteiger partial charge on any atom is -0.334 e. The van der Waals surface area contributed by atoms with Gasteiger partial charge in [-0.05, 0) is 36.8 Å². The fraction of sp³-hybridized carbons (Fsp3) is 0.500. The van der Waals surface area contributed by atoms with E-state index in [1.165, 1.54) is 36.9 Å². The van der Waals surface area contributed by atoms with E-state index in [4.69, 9.17) is 4.98 Å². The zero-order valence-corrected chi connectivity index (χ0v) is 16.8. The average Bonchev–Trinajstić information content (AvgIpc) is 3.05. The first-order valence-electron chi connectivity index (χ1n) is 10.1. The van der Waals surface area contributed by atoms with Gasteiger partial charge in [-0.3, -0.25) is 4.98 Å². The van der Waals surface area contributed by atoms with Gasteiger partial charge in [0.1, 0.15) is 11.3 Å². The highest BCUT2D eigenvalue weighted by Crippen LogP contribution is 2.45. The molecular formula is C22H29N5. The van der Waals surface area contributed by atoms with Gasteiger partial charge in [0.25, 0.3) is 0 Å². The Hall–Kier alpha value is -2.43. The van der Waals surface area contributed by atoms with Crippen LogP contribution in [0.3, 0.4) is 0 Å². The molecule has 0 bridgehead atoms. The second-order valence-electron chi connectivity index (χ2n) is 7.77.